The molecule has 0 atom stereocenters. The van der Waals surface area contributed by atoms with Gasteiger partial charge in [-0.25, -0.2) is 8.42 Å². The van der Waals surface area contributed by atoms with E-state index in [9.17, 15) is 8.42 Å². The lowest BCUT2D eigenvalue weighted by atomic mass is 9.92. The normalized spacial score (nSPS) is 20.1. The van der Waals surface area contributed by atoms with E-state index in [-0.39, 0.29) is 5.41 Å². The molecule has 1 heterocycles. The maximum Gasteiger partial charge on any atom is 0.211 e. The van der Waals surface area contributed by atoms with Crippen molar-refractivity contribution in [3.63, 3.8) is 0 Å². The number of hydrogen-bond acceptors (Lipinski definition) is 4. The average Bonchev–Trinajstić information content (AvgIpc) is 2.25. The molecule has 6 heteroatoms. The third-order valence-electron chi connectivity index (χ3n) is 3.44. The van der Waals surface area contributed by atoms with Crippen LogP contribution < -0.4 is 5.32 Å². The third kappa shape index (κ3) is 6.21. The highest BCUT2D eigenvalue weighted by atomic mass is 32.2. The lowest BCUT2D eigenvalue weighted by Crippen LogP contribution is -2.51. The minimum absolute atomic E-state index is 0.206. The molecule has 0 bridgehead atoms. The van der Waals surface area contributed by atoms with E-state index in [0.717, 1.165) is 26.2 Å². The Kier molecular flexibility index (Phi) is 5.79. The summed E-state index contributed by atoms with van der Waals surface area (Å²) in [7, 11) is -3.02. The summed E-state index contributed by atoms with van der Waals surface area (Å²) in [6.07, 6.45) is 1.29. The summed E-state index contributed by atoms with van der Waals surface area (Å²) in [5, 5.41) is 3.48. The van der Waals surface area contributed by atoms with E-state index >= 15 is 0 Å². The van der Waals surface area contributed by atoms with Crippen molar-refractivity contribution in [2.24, 2.45) is 5.41 Å². The molecule has 1 fully saturated rings. The number of rotatable bonds is 6. The number of hydrogen-bond donors (Lipinski definition) is 1. The zero-order chi connectivity index (χ0) is 14.7. The Balaban J connectivity index is 2.40. The van der Waals surface area contributed by atoms with E-state index in [0.29, 0.717) is 19.1 Å². The van der Waals surface area contributed by atoms with Crippen LogP contribution in [0.1, 0.15) is 27.7 Å². The van der Waals surface area contributed by atoms with Gasteiger partial charge in [-0.3, -0.25) is 0 Å². The van der Waals surface area contributed by atoms with Crippen LogP contribution in [0.15, 0.2) is 0 Å². The Bertz CT molecular complexity index is 371. The highest BCUT2D eigenvalue weighted by Crippen LogP contribution is 2.18. The van der Waals surface area contributed by atoms with Gasteiger partial charge >= 0.3 is 0 Å². The van der Waals surface area contributed by atoms with Gasteiger partial charge < -0.3 is 10.2 Å². The van der Waals surface area contributed by atoms with Gasteiger partial charge in [0.1, 0.15) is 0 Å². The summed E-state index contributed by atoms with van der Waals surface area (Å²) in [5.74, 6) is 0. The van der Waals surface area contributed by atoms with Gasteiger partial charge in [-0.15, -0.1) is 0 Å². The fourth-order valence-corrected chi connectivity index (χ4v) is 3.19. The molecule has 0 amide bonds. The molecule has 19 heavy (non-hydrogen) atoms. The van der Waals surface area contributed by atoms with Crippen LogP contribution in [-0.4, -0.2) is 69.2 Å². The summed E-state index contributed by atoms with van der Waals surface area (Å²) in [6.45, 7) is 13.7. The van der Waals surface area contributed by atoms with Crippen LogP contribution in [-0.2, 0) is 10.0 Å². The van der Waals surface area contributed by atoms with E-state index in [4.69, 9.17) is 0 Å². The van der Waals surface area contributed by atoms with Crippen LogP contribution in [0.2, 0.25) is 0 Å². The summed E-state index contributed by atoms with van der Waals surface area (Å²) >= 11 is 0. The predicted octanol–water partition coefficient (Wildman–Crippen LogP) is 0.588. The van der Waals surface area contributed by atoms with Crippen LogP contribution in [0.3, 0.4) is 0 Å². The number of piperazine rings is 1. The third-order valence-corrected chi connectivity index (χ3v) is 4.74. The summed E-state index contributed by atoms with van der Waals surface area (Å²) in [5.41, 5.74) is 0.206. The molecule has 1 saturated heterocycles. The summed E-state index contributed by atoms with van der Waals surface area (Å²) in [6, 6.07) is 0.501. The molecule has 0 radical (unpaired) electrons. The van der Waals surface area contributed by atoms with Crippen molar-refractivity contribution >= 4 is 10.0 Å². The Hall–Kier alpha value is -0.170. The first-order chi connectivity index (χ1) is 8.60. The van der Waals surface area contributed by atoms with E-state index in [1.807, 2.05) is 0 Å². The average molecular weight is 291 g/mol. The monoisotopic (exact) mass is 291 g/mol. The number of nitrogens with zero attached hydrogens (tertiary/aromatic N) is 2. The quantitative estimate of drug-likeness (QED) is 0.778. The first kappa shape index (κ1) is 16.9. The van der Waals surface area contributed by atoms with Crippen LogP contribution in [0.5, 0.6) is 0 Å². The van der Waals surface area contributed by atoms with E-state index in [2.05, 4.69) is 37.9 Å². The molecule has 1 rings (SSSR count). The molecule has 1 N–H and O–H groups in total. The lowest BCUT2D eigenvalue weighted by molar-refractivity contribution is 0.130. The second-order valence-corrected chi connectivity index (χ2v) is 8.62. The van der Waals surface area contributed by atoms with Crippen molar-refractivity contribution in [1.82, 2.24) is 14.5 Å². The van der Waals surface area contributed by atoms with Crippen LogP contribution >= 0.6 is 0 Å². The Labute approximate surface area is 118 Å². The van der Waals surface area contributed by atoms with Gasteiger partial charge in [0, 0.05) is 45.3 Å². The Morgan fingerprint density at radius 3 is 2.11 bits per heavy atom. The van der Waals surface area contributed by atoms with E-state index in [1.54, 1.807) is 4.31 Å². The molecule has 0 aromatic rings. The molecule has 0 aliphatic carbocycles. The zero-order valence-electron chi connectivity index (χ0n) is 12.9. The van der Waals surface area contributed by atoms with Gasteiger partial charge in [0.15, 0.2) is 0 Å². The maximum atomic E-state index is 11.5. The van der Waals surface area contributed by atoms with E-state index < -0.39 is 10.0 Å². The topological polar surface area (TPSA) is 52.6 Å². The second-order valence-electron chi connectivity index (χ2n) is 6.64. The molecule has 0 spiro atoms. The SMILES string of the molecule is CC(C)NCC(C)(C)CN1CCN(S(C)(=O)=O)CC1. The fraction of sp³-hybridized carbons (Fsp3) is 1.00. The maximum absolute atomic E-state index is 11.5. The highest BCUT2D eigenvalue weighted by molar-refractivity contribution is 7.88. The summed E-state index contributed by atoms with van der Waals surface area (Å²) in [4.78, 5) is 2.36. The molecule has 0 aromatic heterocycles. The van der Waals surface area contributed by atoms with Crippen molar-refractivity contribution < 1.29 is 8.42 Å². The van der Waals surface area contributed by atoms with Gasteiger partial charge in [0.05, 0.1) is 6.26 Å². The van der Waals surface area contributed by atoms with Crippen LogP contribution in [0.4, 0.5) is 0 Å². The predicted molar refractivity (Wildman–Crippen MR) is 79.8 cm³/mol. The number of nitrogens with one attached hydrogen (secondary N) is 1. The van der Waals surface area contributed by atoms with Gasteiger partial charge in [0.25, 0.3) is 0 Å². The van der Waals surface area contributed by atoms with Gasteiger partial charge in [-0.2, -0.15) is 4.31 Å². The molecule has 0 aromatic carbocycles. The Morgan fingerprint density at radius 1 is 1.16 bits per heavy atom. The van der Waals surface area contributed by atoms with Gasteiger partial charge in [-0.1, -0.05) is 27.7 Å². The van der Waals surface area contributed by atoms with Gasteiger partial charge in [0.2, 0.25) is 10.0 Å². The number of sulfonamides is 1. The van der Waals surface area contributed by atoms with Gasteiger partial charge in [-0.05, 0) is 5.41 Å². The lowest BCUT2D eigenvalue weighted by Gasteiger charge is -2.38. The standard InChI is InChI=1S/C13H29N3O2S/c1-12(2)14-10-13(3,4)11-15-6-8-16(9-7-15)19(5,17)18/h12,14H,6-11H2,1-5H3. The highest BCUT2D eigenvalue weighted by Gasteiger charge is 2.27. The molecular weight excluding hydrogens is 262 g/mol. The molecule has 1 aliphatic heterocycles. The largest absolute Gasteiger partial charge is 0.314 e. The van der Waals surface area contributed by atoms with Crippen LogP contribution in [0, 0.1) is 5.41 Å². The first-order valence-corrected chi connectivity index (χ1v) is 8.86. The molecular formula is C13H29N3O2S. The molecule has 1 aliphatic rings. The molecule has 114 valence electrons. The second kappa shape index (κ2) is 6.52. The first-order valence-electron chi connectivity index (χ1n) is 7.01. The van der Waals surface area contributed by atoms with Crippen LogP contribution in [0.25, 0.3) is 0 Å². The van der Waals surface area contributed by atoms with Crippen molar-refractivity contribution in [2.45, 2.75) is 33.7 Å². The minimum atomic E-state index is -3.02. The van der Waals surface area contributed by atoms with Crippen molar-refractivity contribution in [3.8, 4) is 0 Å². The van der Waals surface area contributed by atoms with Crippen molar-refractivity contribution in [1.29, 1.82) is 0 Å². The smallest absolute Gasteiger partial charge is 0.211 e. The Morgan fingerprint density at radius 2 is 1.68 bits per heavy atom. The molecule has 0 saturated carbocycles. The van der Waals surface area contributed by atoms with E-state index in [1.165, 1.54) is 6.26 Å². The zero-order valence-corrected chi connectivity index (χ0v) is 13.8. The summed E-state index contributed by atoms with van der Waals surface area (Å²) < 4.78 is 24.5. The molecule has 0 unspecified atom stereocenters. The molecule has 5 nitrogen and oxygen atoms in total. The van der Waals surface area contributed by atoms with Crippen molar-refractivity contribution in [2.75, 3.05) is 45.5 Å². The minimum Gasteiger partial charge on any atom is -0.314 e. The van der Waals surface area contributed by atoms with Crippen molar-refractivity contribution in [3.05, 3.63) is 0 Å². The fourth-order valence-electron chi connectivity index (χ4n) is 2.36.